The smallest absolute Gasteiger partial charge is 0.852 e. The van der Waals surface area contributed by atoms with Gasteiger partial charge in [-0.1, -0.05) is 27.7 Å². The summed E-state index contributed by atoms with van der Waals surface area (Å²) >= 11 is 0. The molecule has 2 nitrogen and oxygen atoms in total. The standard InChI is InChI=1S/2C3H7O.Ba/c2*1-3(2)4;/h2*3H,1-2H3;/q2*-1;+2. The predicted molar refractivity (Wildman–Crippen MR) is 36.0 cm³/mol. The largest absolute Gasteiger partial charge is 2.00 e. The van der Waals surface area contributed by atoms with E-state index in [1.54, 1.807) is 27.7 Å². The van der Waals surface area contributed by atoms with Crippen molar-refractivity contribution < 1.29 is 10.2 Å². The molecule has 0 aliphatic rings. The zero-order valence-electron chi connectivity index (χ0n) is 6.68. The van der Waals surface area contributed by atoms with Gasteiger partial charge in [-0.3, -0.25) is 0 Å². The summed E-state index contributed by atoms with van der Waals surface area (Å²) in [5.74, 6) is 0. The summed E-state index contributed by atoms with van der Waals surface area (Å²) in [5, 5.41) is 19.1. The van der Waals surface area contributed by atoms with Gasteiger partial charge in [0.05, 0.1) is 0 Å². The Morgan fingerprint density at radius 2 is 0.778 bits per heavy atom. The quantitative estimate of drug-likeness (QED) is 0.528. The minimum Gasteiger partial charge on any atom is -0.852 e. The van der Waals surface area contributed by atoms with E-state index >= 15 is 0 Å². The van der Waals surface area contributed by atoms with Gasteiger partial charge in [-0.15, -0.1) is 12.2 Å². The average Bonchev–Trinajstić information content (AvgIpc) is 1.25. The van der Waals surface area contributed by atoms with Gasteiger partial charge in [0.15, 0.2) is 0 Å². The maximum atomic E-state index is 9.53. The van der Waals surface area contributed by atoms with Crippen molar-refractivity contribution in [3.8, 4) is 0 Å². The number of rotatable bonds is 0. The molecular formula is C6H14BaO2. The van der Waals surface area contributed by atoms with Gasteiger partial charge in [0.2, 0.25) is 0 Å². The van der Waals surface area contributed by atoms with E-state index in [2.05, 4.69) is 0 Å². The molecule has 0 heterocycles. The fraction of sp³-hybridized carbons (Fsp3) is 1.00. The van der Waals surface area contributed by atoms with Crippen LogP contribution in [0, 0.1) is 0 Å². The van der Waals surface area contributed by atoms with Gasteiger partial charge in [0.1, 0.15) is 0 Å². The molecule has 0 atom stereocenters. The van der Waals surface area contributed by atoms with Crippen molar-refractivity contribution >= 4 is 48.9 Å². The van der Waals surface area contributed by atoms with E-state index < -0.39 is 12.2 Å². The van der Waals surface area contributed by atoms with Crippen LogP contribution in [0.3, 0.4) is 0 Å². The monoisotopic (exact) mass is 256 g/mol. The molecule has 0 rings (SSSR count). The molecule has 0 bridgehead atoms. The first-order valence-corrected chi connectivity index (χ1v) is 2.78. The van der Waals surface area contributed by atoms with E-state index in [1.807, 2.05) is 0 Å². The van der Waals surface area contributed by atoms with Crippen LogP contribution in [-0.2, 0) is 0 Å². The van der Waals surface area contributed by atoms with Crippen molar-refractivity contribution in [2.24, 2.45) is 0 Å². The Morgan fingerprint density at radius 1 is 0.778 bits per heavy atom. The fourth-order valence-electron chi connectivity index (χ4n) is 0. The van der Waals surface area contributed by atoms with Crippen LogP contribution in [0.2, 0.25) is 0 Å². The zero-order valence-corrected chi connectivity index (χ0v) is 11.1. The van der Waals surface area contributed by atoms with E-state index in [1.165, 1.54) is 0 Å². The number of hydrogen-bond acceptors (Lipinski definition) is 2. The summed E-state index contributed by atoms with van der Waals surface area (Å²) in [6.07, 6.45) is -0.833. The first kappa shape index (κ1) is 16.8. The Morgan fingerprint density at radius 3 is 0.778 bits per heavy atom. The second-order valence-corrected chi connectivity index (χ2v) is 2.10. The molecule has 0 fully saturated rings. The normalized spacial score (nSPS) is 8.00. The van der Waals surface area contributed by atoms with Crippen LogP contribution in [0.15, 0.2) is 0 Å². The molecule has 0 radical (unpaired) electrons. The second-order valence-electron chi connectivity index (χ2n) is 2.10. The van der Waals surface area contributed by atoms with Gasteiger partial charge in [0.25, 0.3) is 0 Å². The van der Waals surface area contributed by atoms with E-state index in [0.717, 1.165) is 0 Å². The Kier molecular flexibility index (Phi) is 22.8. The van der Waals surface area contributed by atoms with Crippen molar-refractivity contribution in [1.82, 2.24) is 0 Å². The van der Waals surface area contributed by atoms with Gasteiger partial charge < -0.3 is 10.2 Å². The number of hydrogen-bond donors (Lipinski definition) is 0. The van der Waals surface area contributed by atoms with Crippen LogP contribution >= 0.6 is 0 Å². The molecule has 0 aromatic heterocycles. The second kappa shape index (κ2) is 12.2. The fourth-order valence-corrected chi connectivity index (χ4v) is 0. The third-order valence-electron chi connectivity index (χ3n) is 0. The zero-order chi connectivity index (χ0) is 7.15. The maximum Gasteiger partial charge on any atom is 2.00 e. The van der Waals surface area contributed by atoms with Crippen LogP contribution in [0.4, 0.5) is 0 Å². The molecule has 9 heavy (non-hydrogen) atoms. The summed E-state index contributed by atoms with van der Waals surface area (Å²) < 4.78 is 0. The molecule has 0 aromatic carbocycles. The van der Waals surface area contributed by atoms with Crippen LogP contribution in [0.25, 0.3) is 0 Å². The third kappa shape index (κ3) is 239. The van der Waals surface area contributed by atoms with E-state index in [-0.39, 0.29) is 48.9 Å². The molecular weight excluding hydrogens is 241 g/mol. The molecule has 0 aliphatic heterocycles. The molecule has 0 spiro atoms. The van der Waals surface area contributed by atoms with Crippen LogP contribution < -0.4 is 10.2 Å². The van der Waals surface area contributed by atoms with Crippen molar-refractivity contribution in [3.05, 3.63) is 0 Å². The van der Waals surface area contributed by atoms with Crippen LogP contribution in [0.1, 0.15) is 27.7 Å². The average molecular weight is 256 g/mol. The Balaban J connectivity index is -0.0000000720. The summed E-state index contributed by atoms with van der Waals surface area (Å²) in [5.41, 5.74) is 0. The van der Waals surface area contributed by atoms with Gasteiger partial charge >= 0.3 is 48.9 Å². The Bertz CT molecular complexity index is 26.5. The molecule has 0 saturated heterocycles. The third-order valence-corrected chi connectivity index (χ3v) is 0. The first-order chi connectivity index (χ1) is 3.46. The molecule has 52 valence electrons. The van der Waals surface area contributed by atoms with Crippen molar-refractivity contribution in [2.75, 3.05) is 0 Å². The van der Waals surface area contributed by atoms with Gasteiger partial charge in [0, 0.05) is 0 Å². The molecule has 0 saturated carbocycles. The van der Waals surface area contributed by atoms with Crippen LogP contribution in [0.5, 0.6) is 0 Å². The van der Waals surface area contributed by atoms with E-state index in [4.69, 9.17) is 0 Å². The minimum absolute atomic E-state index is 0. The van der Waals surface area contributed by atoms with Gasteiger partial charge in [-0.25, -0.2) is 0 Å². The topological polar surface area (TPSA) is 46.1 Å². The molecule has 3 heteroatoms. The van der Waals surface area contributed by atoms with Crippen molar-refractivity contribution in [2.45, 2.75) is 39.9 Å². The molecule has 0 N–H and O–H groups in total. The Hall–Kier alpha value is 1.49. The van der Waals surface area contributed by atoms with Crippen molar-refractivity contribution in [1.29, 1.82) is 0 Å². The summed E-state index contributed by atoms with van der Waals surface area (Å²) in [6.45, 7) is 6.44. The van der Waals surface area contributed by atoms with Crippen molar-refractivity contribution in [3.63, 3.8) is 0 Å². The molecule has 0 amide bonds. The summed E-state index contributed by atoms with van der Waals surface area (Å²) in [4.78, 5) is 0. The molecule has 0 aromatic rings. The van der Waals surface area contributed by atoms with Gasteiger partial charge in [-0.2, -0.15) is 0 Å². The summed E-state index contributed by atoms with van der Waals surface area (Å²) in [6, 6.07) is 0. The Labute approximate surface area is 97.7 Å². The minimum atomic E-state index is -0.417. The molecule has 0 unspecified atom stereocenters. The van der Waals surface area contributed by atoms with E-state index in [9.17, 15) is 10.2 Å². The molecule has 0 aliphatic carbocycles. The SMILES string of the molecule is CC(C)[O-].CC(C)[O-].[Ba+2]. The van der Waals surface area contributed by atoms with Crippen LogP contribution in [-0.4, -0.2) is 61.1 Å². The maximum absolute atomic E-state index is 9.53. The predicted octanol–water partition coefficient (Wildman–Crippen LogP) is -0.871. The first-order valence-electron chi connectivity index (χ1n) is 2.78. The van der Waals surface area contributed by atoms with Gasteiger partial charge in [-0.05, 0) is 0 Å². The summed E-state index contributed by atoms with van der Waals surface area (Å²) in [7, 11) is 0. The van der Waals surface area contributed by atoms with E-state index in [0.29, 0.717) is 0 Å².